The Bertz CT molecular complexity index is 658. The molecule has 0 aliphatic heterocycles. The van der Waals surface area contributed by atoms with Gasteiger partial charge in [-0.05, 0) is 30.4 Å². The van der Waals surface area contributed by atoms with Crippen LogP contribution in [-0.4, -0.2) is 84.4 Å². The zero-order valence-electron chi connectivity index (χ0n) is 20.3. The highest BCUT2D eigenvalue weighted by atomic mass is 16.6. The van der Waals surface area contributed by atoms with E-state index in [0.29, 0.717) is 65.9 Å². The Balaban J connectivity index is 1.92. The van der Waals surface area contributed by atoms with Crippen LogP contribution in [0.1, 0.15) is 30.4 Å². The number of ether oxygens (including phenoxy) is 5. The second kappa shape index (κ2) is 20.3. The first-order chi connectivity index (χ1) is 16.5. The van der Waals surface area contributed by atoms with Gasteiger partial charge in [-0.1, -0.05) is 24.3 Å². The van der Waals surface area contributed by atoms with Gasteiger partial charge in [-0.2, -0.15) is 0 Å². The number of carbonyl (C=O) groups excluding carboxylic acids is 2. The normalized spacial score (nSPS) is 11.9. The third kappa shape index (κ3) is 17.4. The van der Waals surface area contributed by atoms with Crippen LogP contribution in [-0.2, 0) is 46.3 Å². The first-order valence-electron chi connectivity index (χ1n) is 11.7. The molecule has 0 fully saturated rings. The standard InChI is InChI=1S/C24H41N3O7/c1-27-24(29)19-33-16-15-32-14-13-31-12-11-30-10-2-3-20-4-6-21(7-5-20)17-34-18-22(25)8-9-23(26)28/h4-7,22H,2-3,8-19,25H2,1H3,(H2,26,28)(H,27,29)/t22-/m0/s1. The van der Waals surface area contributed by atoms with Crippen molar-refractivity contribution in [1.29, 1.82) is 0 Å². The van der Waals surface area contributed by atoms with Crippen molar-refractivity contribution in [2.45, 2.75) is 38.3 Å². The van der Waals surface area contributed by atoms with Gasteiger partial charge < -0.3 is 40.5 Å². The molecule has 1 aromatic rings. The molecule has 0 heterocycles. The summed E-state index contributed by atoms with van der Waals surface area (Å²) in [6.45, 7) is 4.47. The van der Waals surface area contributed by atoms with Gasteiger partial charge in [0.15, 0.2) is 0 Å². The quantitative estimate of drug-likeness (QED) is 0.203. The number of nitrogens with two attached hydrogens (primary N) is 2. The van der Waals surface area contributed by atoms with Crippen LogP contribution in [0.2, 0.25) is 0 Å². The van der Waals surface area contributed by atoms with Crippen molar-refractivity contribution in [2.75, 3.05) is 66.5 Å². The second-order valence-corrected chi connectivity index (χ2v) is 7.76. The van der Waals surface area contributed by atoms with E-state index in [9.17, 15) is 9.59 Å². The minimum Gasteiger partial charge on any atom is -0.379 e. The largest absolute Gasteiger partial charge is 0.379 e. The van der Waals surface area contributed by atoms with Crippen LogP contribution in [0.15, 0.2) is 24.3 Å². The summed E-state index contributed by atoms with van der Waals surface area (Å²) in [6, 6.07) is 8.11. The Morgan fingerprint density at radius 3 is 2.00 bits per heavy atom. The smallest absolute Gasteiger partial charge is 0.245 e. The highest BCUT2D eigenvalue weighted by Gasteiger charge is 2.05. The Morgan fingerprint density at radius 2 is 1.41 bits per heavy atom. The maximum atomic E-state index is 11.0. The van der Waals surface area contributed by atoms with Gasteiger partial charge >= 0.3 is 0 Å². The SMILES string of the molecule is CNC(=O)COCCOCCOCCOCCCc1ccc(COC[C@@H](N)CCC(N)=O)cc1. The number of hydrogen-bond donors (Lipinski definition) is 3. The van der Waals surface area contributed by atoms with Crippen molar-refractivity contribution in [3.8, 4) is 0 Å². The molecule has 194 valence electrons. The molecule has 0 spiro atoms. The van der Waals surface area contributed by atoms with E-state index in [2.05, 4.69) is 29.6 Å². The van der Waals surface area contributed by atoms with E-state index in [1.165, 1.54) is 5.56 Å². The lowest BCUT2D eigenvalue weighted by molar-refractivity contribution is -0.125. The molecule has 10 nitrogen and oxygen atoms in total. The molecule has 34 heavy (non-hydrogen) atoms. The summed E-state index contributed by atoms with van der Waals surface area (Å²) in [5.74, 6) is -0.495. The number of rotatable bonds is 22. The Kier molecular flexibility index (Phi) is 17.9. The van der Waals surface area contributed by atoms with E-state index in [0.717, 1.165) is 18.4 Å². The van der Waals surface area contributed by atoms with Crippen LogP contribution in [0.25, 0.3) is 0 Å². The second-order valence-electron chi connectivity index (χ2n) is 7.76. The fourth-order valence-electron chi connectivity index (χ4n) is 2.82. The lowest BCUT2D eigenvalue weighted by Gasteiger charge is -2.11. The fourth-order valence-corrected chi connectivity index (χ4v) is 2.82. The zero-order chi connectivity index (χ0) is 24.9. The third-order valence-electron chi connectivity index (χ3n) is 4.77. The van der Waals surface area contributed by atoms with Crippen molar-refractivity contribution < 1.29 is 33.3 Å². The van der Waals surface area contributed by atoms with E-state index < -0.39 is 0 Å². The molecule has 0 saturated heterocycles. The van der Waals surface area contributed by atoms with Crippen molar-refractivity contribution in [3.63, 3.8) is 0 Å². The highest BCUT2D eigenvalue weighted by Crippen LogP contribution is 2.08. The van der Waals surface area contributed by atoms with E-state index in [1.807, 2.05) is 0 Å². The van der Waals surface area contributed by atoms with Gasteiger partial charge in [0.05, 0.1) is 52.9 Å². The molecule has 0 saturated carbocycles. The molecule has 0 aliphatic carbocycles. The molecule has 1 atom stereocenters. The molecule has 0 unspecified atom stereocenters. The number of aryl methyl sites for hydroxylation is 1. The van der Waals surface area contributed by atoms with Gasteiger partial charge in [-0.3, -0.25) is 9.59 Å². The van der Waals surface area contributed by atoms with Crippen molar-refractivity contribution in [3.05, 3.63) is 35.4 Å². The van der Waals surface area contributed by atoms with Crippen LogP contribution in [0, 0.1) is 0 Å². The number of nitrogens with one attached hydrogen (secondary N) is 1. The lowest BCUT2D eigenvalue weighted by Crippen LogP contribution is -2.28. The molecule has 0 bridgehead atoms. The predicted octanol–water partition coefficient (Wildman–Crippen LogP) is 0.541. The van der Waals surface area contributed by atoms with Crippen LogP contribution in [0.3, 0.4) is 0 Å². The Morgan fingerprint density at radius 1 is 0.853 bits per heavy atom. The van der Waals surface area contributed by atoms with Crippen LogP contribution >= 0.6 is 0 Å². The average molecular weight is 484 g/mol. The van der Waals surface area contributed by atoms with Gasteiger partial charge in [0.25, 0.3) is 0 Å². The minimum atomic E-state index is -0.342. The zero-order valence-corrected chi connectivity index (χ0v) is 20.3. The molecular weight excluding hydrogens is 442 g/mol. The van der Waals surface area contributed by atoms with Gasteiger partial charge in [-0.25, -0.2) is 0 Å². The molecule has 0 aromatic heterocycles. The average Bonchev–Trinajstić information content (AvgIpc) is 2.83. The van der Waals surface area contributed by atoms with Crippen LogP contribution in [0.4, 0.5) is 0 Å². The van der Waals surface area contributed by atoms with Crippen molar-refractivity contribution in [1.82, 2.24) is 5.32 Å². The lowest BCUT2D eigenvalue weighted by atomic mass is 10.1. The minimum absolute atomic E-state index is 0.0470. The number of primary amides is 1. The summed E-state index contributed by atoms with van der Waals surface area (Å²) in [5, 5.41) is 2.48. The number of hydrogen-bond acceptors (Lipinski definition) is 8. The summed E-state index contributed by atoms with van der Waals surface area (Å²) in [7, 11) is 1.57. The first-order valence-corrected chi connectivity index (χ1v) is 11.7. The summed E-state index contributed by atoms with van der Waals surface area (Å²) < 4.78 is 27.1. The third-order valence-corrected chi connectivity index (χ3v) is 4.77. The van der Waals surface area contributed by atoms with Crippen molar-refractivity contribution in [2.24, 2.45) is 11.5 Å². The number of amides is 2. The number of likely N-dealkylation sites (N-methyl/N-ethyl adjacent to an activating group) is 1. The summed E-state index contributed by atoms with van der Waals surface area (Å²) in [4.78, 5) is 21.7. The van der Waals surface area contributed by atoms with Crippen LogP contribution in [0.5, 0.6) is 0 Å². The molecule has 1 rings (SSSR count). The van der Waals surface area contributed by atoms with Gasteiger partial charge in [0.2, 0.25) is 11.8 Å². The summed E-state index contributed by atoms with van der Waals surface area (Å²) >= 11 is 0. The first kappa shape index (κ1) is 30.0. The fraction of sp³-hybridized carbons (Fsp3) is 0.667. The van der Waals surface area contributed by atoms with Gasteiger partial charge in [0, 0.05) is 26.1 Å². The Hall–Kier alpha value is -2.08. The molecule has 10 heteroatoms. The van der Waals surface area contributed by atoms with Crippen LogP contribution < -0.4 is 16.8 Å². The molecule has 0 aliphatic rings. The molecule has 0 radical (unpaired) electrons. The molecule has 5 N–H and O–H groups in total. The summed E-state index contributed by atoms with van der Waals surface area (Å²) in [5.41, 5.74) is 13.3. The van der Waals surface area contributed by atoms with E-state index in [1.54, 1.807) is 7.05 Å². The van der Waals surface area contributed by atoms with E-state index in [4.69, 9.17) is 35.2 Å². The van der Waals surface area contributed by atoms with Crippen molar-refractivity contribution >= 4 is 11.8 Å². The topological polar surface area (TPSA) is 144 Å². The Labute approximate surface area is 202 Å². The summed E-state index contributed by atoms with van der Waals surface area (Å²) in [6.07, 6.45) is 2.69. The maximum absolute atomic E-state index is 11.0. The van der Waals surface area contributed by atoms with E-state index >= 15 is 0 Å². The van der Waals surface area contributed by atoms with Gasteiger partial charge in [-0.15, -0.1) is 0 Å². The predicted molar refractivity (Wildman–Crippen MR) is 128 cm³/mol. The monoisotopic (exact) mass is 483 g/mol. The highest BCUT2D eigenvalue weighted by molar-refractivity contribution is 5.76. The van der Waals surface area contributed by atoms with Gasteiger partial charge in [0.1, 0.15) is 6.61 Å². The number of carbonyl (C=O) groups is 2. The molecule has 2 amide bonds. The number of benzene rings is 1. The maximum Gasteiger partial charge on any atom is 0.245 e. The molecular formula is C24H41N3O7. The molecule has 1 aromatic carbocycles. The van der Waals surface area contributed by atoms with E-state index in [-0.39, 0.29) is 30.9 Å².